The number of amides is 2. The highest BCUT2D eigenvalue weighted by molar-refractivity contribution is 7.90. The number of carbonyl (C=O) groups is 2. The largest absolute Gasteiger partial charge is 0.348 e. The SMILES string of the molecule is Cc1ccc(CNC(=O)c2cc(C(F)F)c3n(c2=O)CCN(CCCS(C)(=O)=O)C3=O)cc1. The highest BCUT2D eigenvalue weighted by atomic mass is 32.2. The Morgan fingerprint density at radius 2 is 1.82 bits per heavy atom. The van der Waals surface area contributed by atoms with E-state index in [1.54, 1.807) is 12.1 Å². The number of halogens is 2. The highest BCUT2D eigenvalue weighted by Gasteiger charge is 2.33. The number of hydrogen-bond acceptors (Lipinski definition) is 5. The number of rotatable bonds is 8. The molecule has 0 unspecified atom stereocenters. The van der Waals surface area contributed by atoms with Gasteiger partial charge in [0.25, 0.3) is 23.8 Å². The van der Waals surface area contributed by atoms with Gasteiger partial charge < -0.3 is 14.8 Å². The Hall–Kier alpha value is -3.08. The molecule has 1 aliphatic rings. The first-order valence-corrected chi connectivity index (χ1v) is 12.4. The normalized spacial score (nSPS) is 13.8. The lowest BCUT2D eigenvalue weighted by molar-refractivity contribution is 0.0681. The van der Waals surface area contributed by atoms with Crippen LogP contribution in [0.2, 0.25) is 0 Å². The number of carbonyl (C=O) groups excluding carboxylic acids is 2. The number of aromatic nitrogens is 1. The second kappa shape index (κ2) is 9.82. The van der Waals surface area contributed by atoms with Crippen LogP contribution in [0.3, 0.4) is 0 Å². The fraction of sp³-hybridized carbons (Fsp3) is 0.409. The van der Waals surface area contributed by atoms with Crippen LogP contribution in [0.1, 0.15) is 50.4 Å². The zero-order chi connectivity index (χ0) is 24.3. The van der Waals surface area contributed by atoms with Crippen LogP contribution >= 0.6 is 0 Å². The van der Waals surface area contributed by atoms with Gasteiger partial charge in [0, 0.05) is 38.0 Å². The molecule has 0 saturated carbocycles. The van der Waals surface area contributed by atoms with E-state index in [2.05, 4.69) is 5.32 Å². The third-order valence-corrected chi connectivity index (χ3v) is 6.43. The van der Waals surface area contributed by atoms with Crippen LogP contribution < -0.4 is 10.9 Å². The van der Waals surface area contributed by atoms with Gasteiger partial charge in [-0.25, -0.2) is 17.2 Å². The number of alkyl halides is 2. The van der Waals surface area contributed by atoms with Crippen LogP contribution in [-0.4, -0.2) is 54.8 Å². The Bertz CT molecular complexity index is 1220. The molecule has 2 aromatic rings. The molecule has 1 aliphatic heterocycles. The highest BCUT2D eigenvalue weighted by Crippen LogP contribution is 2.26. The van der Waals surface area contributed by atoms with E-state index in [0.717, 1.165) is 28.0 Å². The summed E-state index contributed by atoms with van der Waals surface area (Å²) in [5.74, 6) is -1.74. The van der Waals surface area contributed by atoms with Crippen molar-refractivity contribution in [3.05, 3.63) is 68.6 Å². The Balaban J connectivity index is 1.86. The number of nitrogens with one attached hydrogen (secondary N) is 1. The van der Waals surface area contributed by atoms with Gasteiger partial charge in [-0.1, -0.05) is 29.8 Å². The van der Waals surface area contributed by atoms with E-state index in [1.165, 1.54) is 4.90 Å². The summed E-state index contributed by atoms with van der Waals surface area (Å²) in [5.41, 5.74) is -0.626. The molecule has 0 bridgehead atoms. The number of fused-ring (bicyclic) bond motifs is 1. The third-order valence-electron chi connectivity index (χ3n) is 5.40. The second-order valence-corrected chi connectivity index (χ2v) is 10.3. The predicted molar refractivity (Wildman–Crippen MR) is 118 cm³/mol. The number of aryl methyl sites for hydroxylation is 1. The summed E-state index contributed by atoms with van der Waals surface area (Å²) < 4.78 is 51.2. The first kappa shape index (κ1) is 24.6. The van der Waals surface area contributed by atoms with Crippen LogP contribution in [0.5, 0.6) is 0 Å². The molecule has 33 heavy (non-hydrogen) atoms. The van der Waals surface area contributed by atoms with E-state index in [9.17, 15) is 31.6 Å². The predicted octanol–water partition coefficient (Wildman–Crippen LogP) is 1.91. The molecule has 0 spiro atoms. The summed E-state index contributed by atoms with van der Waals surface area (Å²) in [6, 6.07) is 8.10. The van der Waals surface area contributed by atoms with Crippen molar-refractivity contribution >= 4 is 21.7 Å². The monoisotopic (exact) mass is 481 g/mol. The molecule has 8 nitrogen and oxygen atoms in total. The van der Waals surface area contributed by atoms with Crippen molar-refractivity contribution in [2.75, 3.05) is 25.1 Å². The van der Waals surface area contributed by atoms with E-state index in [4.69, 9.17) is 0 Å². The van der Waals surface area contributed by atoms with E-state index in [1.807, 2.05) is 19.1 Å². The van der Waals surface area contributed by atoms with E-state index < -0.39 is 50.5 Å². The molecule has 2 amide bonds. The van der Waals surface area contributed by atoms with Gasteiger partial charge in [0.05, 0.1) is 5.75 Å². The molecule has 0 fully saturated rings. The van der Waals surface area contributed by atoms with Gasteiger partial charge in [-0.15, -0.1) is 0 Å². The maximum Gasteiger partial charge on any atom is 0.271 e. The second-order valence-electron chi connectivity index (χ2n) is 8.06. The number of benzene rings is 1. The van der Waals surface area contributed by atoms with Crippen LogP contribution in [0, 0.1) is 6.92 Å². The van der Waals surface area contributed by atoms with Gasteiger partial charge in [-0.05, 0) is 25.0 Å². The minimum atomic E-state index is -3.23. The topological polar surface area (TPSA) is 106 Å². The molecule has 0 atom stereocenters. The molecule has 11 heteroatoms. The van der Waals surface area contributed by atoms with Crippen molar-refractivity contribution in [3.63, 3.8) is 0 Å². The average molecular weight is 482 g/mol. The quantitative estimate of drug-likeness (QED) is 0.620. The van der Waals surface area contributed by atoms with Crippen LogP contribution in [0.4, 0.5) is 8.78 Å². The summed E-state index contributed by atoms with van der Waals surface area (Å²) in [5, 5.41) is 2.56. The Morgan fingerprint density at radius 1 is 1.15 bits per heavy atom. The van der Waals surface area contributed by atoms with Crippen molar-refractivity contribution in [2.45, 2.75) is 32.9 Å². The zero-order valence-corrected chi connectivity index (χ0v) is 19.1. The van der Waals surface area contributed by atoms with Crippen molar-refractivity contribution in [1.29, 1.82) is 0 Å². The summed E-state index contributed by atoms with van der Waals surface area (Å²) in [7, 11) is -3.23. The van der Waals surface area contributed by atoms with Crippen molar-refractivity contribution in [3.8, 4) is 0 Å². The van der Waals surface area contributed by atoms with Crippen LogP contribution in [-0.2, 0) is 22.9 Å². The van der Waals surface area contributed by atoms with Gasteiger partial charge in [-0.2, -0.15) is 0 Å². The van der Waals surface area contributed by atoms with Crippen molar-refractivity contribution < 1.29 is 26.8 Å². The minimum Gasteiger partial charge on any atom is -0.348 e. The van der Waals surface area contributed by atoms with Crippen LogP contribution in [0.15, 0.2) is 35.1 Å². The average Bonchev–Trinajstić information content (AvgIpc) is 2.74. The molecular formula is C22H25F2N3O5S. The van der Waals surface area contributed by atoms with Gasteiger partial charge in [0.1, 0.15) is 21.1 Å². The Labute approximate surface area is 190 Å². The third kappa shape index (κ3) is 5.84. The van der Waals surface area contributed by atoms with Crippen LogP contribution in [0.25, 0.3) is 0 Å². The standard InChI is InChI=1S/C22H25F2N3O5S/c1-14-4-6-15(7-5-14)13-25-20(28)17-12-16(19(23)24)18-22(30)26(8-3-11-33(2,31)32)9-10-27(18)21(17)29/h4-7,12,19H,3,8-11,13H2,1-2H3,(H,25,28). The molecule has 2 heterocycles. The molecule has 0 saturated heterocycles. The molecule has 0 radical (unpaired) electrons. The Kier molecular flexibility index (Phi) is 7.31. The Morgan fingerprint density at radius 3 is 2.42 bits per heavy atom. The fourth-order valence-electron chi connectivity index (χ4n) is 3.66. The maximum absolute atomic E-state index is 13.8. The smallest absolute Gasteiger partial charge is 0.271 e. The summed E-state index contributed by atoms with van der Waals surface area (Å²) in [6.45, 7) is 2.06. The number of pyridine rings is 1. The molecule has 1 N–H and O–H groups in total. The molecule has 3 rings (SSSR count). The lowest BCUT2D eigenvalue weighted by Crippen LogP contribution is -2.47. The number of hydrogen-bond donors (Lipinski definition) is 1. The number of sulfone groups is 1. The van der Waals surface area contributed by atoms with E-state index in [-0.39, 0.29) is 38.4 Å². The fourth-order valence-corrected chi connectivity index (χ4v) is 4.31. The number of nitrogens with zero attached hydrogens (tertiary/aromatic N) is 2. The van der Waals surface area contributed by atoms with Gasteiger partial charge in [0.15, 0.2) is 0 Å². The molecule has 1 aromatic carbocycles. The first-order valence-electron chi connectivity index (χ1n) is 10.3. The van der Waals surface area contributed by atoms with Gasteiger partial charge in [0.2, 0.25) is 0 Å². The first-order chi connectivity index (χ1) is 15.5. The molecular weight excluding hydrogens is 456 g/mol. The zero-order valence-electron chi connectivity index (χ0n) is 18.3. The molecule has 0 aliphatic carbocycles. The lowest BCUT2D eigenvalue weighted by Gasteiger charge is -2.31. The molecule has 1 aromatic heterocycles. The summed E-state index contributed by atoms with van der Waals surface area (Å²) in [6.07, 6.45) is -1.87. The maximum atomic E-state index is 13.8. The van der Waals surface area contributed by atoms with E-state index in [0.29, 0.717) is 0 Å². The minimum absolute atomic E-state index is 0.0482. The van der Waals surface area contributed by atoms with Crippen molar-refractivity contribution in [2.24, 2.45) is 0 Å². The van der Waals surface area contributed by atoms with Crippen molar-refractivity contribution in [1.82, 2.24) is 14.8 Å². The summed E-state index contributed by atoms with van der Waals surface area (Å²) in [4.78, 5) is 39.6. The van der Waals surface area contributed by atoms with E-state index >= 15 is 0 Å². The van der Waals surface area contributed by atoms with Gasteiger partial charge >= 0.3 is 0 Å². The molecule has 178 valence electrons. The summed E-state index contributed by atoms with van der Waals surface area (Å²) >= 11 is 0. The lowest BCUT2D eigenvalue weighted by atomic mass is 10.1. The van der Waals surface area contributed by atoms with Gasteiger partial charge in [-0.3, -0.25) is 14.4 Å².